The third-order valence-corrected chi connectivity index (χ3v) is 5.26. The van der Waals surface area contributed by atoms with Gasteiger partial charge in [0.25, 0.3) is 0 Å². The van der Waals surface area contributed by atoms with Crippen molar-refractivity contribution >= 4 is 23.0 Å². The number of thiocarbonyl (C=S) groups is 1. The molecule has 0 unspecified atom stereocenters. The van der Waals surface area contributed by atoms with Crippen LogP contribution in [-0.2, 0) is 6.54 Å². The number of hydrazone groups is 1. The third kappa shape index (κ3) is 5.40. The van der Waals surface area contributed by atoms with Crippen molar-refractivity contribution in [2.24, 2.45) is 5.10 Å². The number of hydrogen-bond acceptors (Lipinski definition) is 2. The van der Waals surface area contributed by atoms with E-state index >= 15 is 0 Å². The fraction of sp³-hybridized carbons (Fsp3) is 0.364. The van der Waals surface area contributed by atoms with Gasteiger partial charge in [0, 0.05) is 6.54 Å². The van der Waals surface area contributed by atoms with Gasteiger partial charge in [-0.2, -0.15) is 5.10 Å². The largest absolute Gasteiger partial charge is 0.357 e. The lowest BCUT2D eigenvalue weighted by atomic mass is 9.84. The molecule has 0 saturated heterocycles. The molecule has 0 aliphatic heterocycles. The van der Waals surface area contributed by atoms with E-state index in [0.717, 1.165) is 17.2 Å². The molecular formula is C22H27N3S. The van der Waals surface area contributed by atoms with Crippen molar-refractivity contribution in [3.8, 4) is 0 Å². The Balaban J connectivity index is 1.51. The van der Waals surface area contributed by atoms with Gasteiger partial charge in [0.2, 0.25) is 0 Å². The van der Waals surface area contributed by atoms with Gasteiger partial charge in [-0.25, -0.2) is 0 Å². The topological polar surface area (TPSA) is 36.4 Å². The normalized spacial score (nSPS) is 15.5. The van der Waals surface area contributed by atoms with Gasteiger partial charge in [0.15, 0.2) is 5.11 Å². The SMILES string of the molecule is CC(=NNC(=S)NCc1ccccc1)c1ccc(C2CCCCC2)cc1. The summed E-state index contributed by atoms with van der Waals surface area (Å²) in [6.07, 6.45) is 6.78. The molecule has 1 saturated carbocycles. The molecule has 1 aliphatic carbocycles. The zero-order chi connectivity index (χ0) is 18.2. The quantitative estimate of drug-likeness (QED) is 0.438. The highest BCUT2D eigenvalue weighted by Crippen LogP contribution is 2.32. The molecule has 1 fully saturated rings. The second-order valence-corrected chi connectivity index (χ2v) is 7.34. The van der Waals surface area contributed by atoms with E-state index in [1.807, 2.05) is 25.1 Å². The minimum Gasteiger partial charge on any atom is -0.357 e. The Kier molecular flexibility index (Phi) is 6.78. The molecular weight excluding hydrogens is 338 g/mol. The molecule has 2 aromatic rings. The fourth-order valence-corrected chi connectivity index (χ4v) is 3.57. The molecule has 2 N–H and O–H groups in total. The van der Waals surface area contributed by atoms with Crippen molar-refractivity contribution in [2.45, 2.75) is 51.5 Å². The second-order valence-electron chi connectivity index (χ2n) is 6.93. The molecule has 0 heterocycles. The summed E-state index contributed by atoms with van der Waals surface area (Å²) >= 11 is 5.30. The Morgan fingerprint density at radius 3 is 2.38 bits per heavy atom. The van der Waals surface area contributed by atoms with Crippen LogP contribution in [0.3, 0.4) is 0 Å². The van der Waals surface area contributed by atoms with Crippen LogP contribution in [0.5, 0.6) is 0 Å². The van der Waals surface area contributed by atoms with E-state index in [1.165, 1.54) is 43.2 Å². The zero-order valence-electron chi connectivity index (χ0n) is 15.4. The first kappa shape index (κ1) is 18.6. The average molecular weight is 366 g/mol. The lowest BCUT2D eigenvalue weighted by Crippen LogP contribution is -2.32. The van der Waals surface area contributed by atoms with E-state index in [1.54, 1.807) is 0 Å². The van der Waals surface area contributed by atoms with Gasteiger partial charge in [-0.15, -0.1) is 0 Å². The summed E-state index contributed by atoms with van der Waals surface area (Å²) in [5, 5.41) is 8.12. The molecule has 26 heavy (non-hydrogen) atoms. The van der Waals surface area contributed by atoms with Gasteiger partial charge in [-0.3, -0.25) is 5.43 Å². The third-order valence-electron chi connectivity index (χ3n) is 5.03. The van der Waals surface area contributed by atoms with E-state index in [4.69, 9.17) is 12.2 Å². The molecule has 4 heteroatoms. The van der Waals surface area contributed by atoms with Crippen LogP contribution in [0.4, 0.5) is 0 Å². The van der Waals surface area contributed by atoms with E-state index in [0.29, 0.717) is 11.7 Å². The highest BCUT2D eigenvalue weighted by Gasteiger charge is 2.15. The molecule has 0 radical (unpaired) electrons. The van der Waals surface area contributed by atoms with Gasteiger partial charge in [-0.05, 0) is 54.6 Å². The Labute approximate surface area is 161 Å². The summed E-state index contributed by atoms with van der Waals surface area (Å²) < 4.78 is 0. The van der Waals surface area contributed by atoms with Crippen molar-refractivity contribution in [3.05, 3.63) is 71.3 Å². The van der Waals surface area contributed by atoms with Crippen LogP contribution in [0.15, 0.2) is 59.7 Å². The van der Waals surface area contributed by atoms with Crippen LogP contribution >= 0.6 is 12.2 Å². The molecule has 136 valence electrons. The summed E-state index contributed by atoms with van der Waals surface area (Å²) in [4.78, 5) is 0. The summed E-state index contributed by atoms with van der Waals surface area (Å²) in [5.41, 5.74) is 7.66. The summed E-state index contributed by atoms with van der Waals surface area (Å²) in [6, 6.07) is 19.0. The van der Waals surface area contributed by atoms with Crippen molar-refractivity contribution in [2.75, 3.05) is 0 Å². The summed E-state index contributed by atoms with van der Waals surface area (Å²) in [5.74, 6) is 0.739. The lowest BCUT2D eigenvalue weighted by molar-refractivity contribution is 0.443. The smallest absolute Gasteiger partial charge is 0.187 e. The van der Waals surface area contributed by atoms with E-state index in [2.05, 4.69) is 52.2 Å². The minimum atomic E-state index is 0.534. The van der Waals surface area contributed by atoms with Gasteiger partial charge in [0.05, 0.1) is 5.71 Å². The first-order valence-electron chi connectivity index (χ1n) is 9.45. The average Bonchev–Trinajstić information content (AvgIpc) is 2.72. The number of benzene rings is 2. The molecule has 0 aromatic heterocycles. The Morgan fingerprint density at radius 1 is 1.00 bits per heavy atom. The molecule has 3 nitrogen and oxygen atoms in total. The van der Waals surface area contributed by atoms with Gasteiger partial charge in [0.1, 0.15) is 0 Å². The highest BCUT2D eigenvalue weighted by molar-refractivity contribution is 7.80. The van der Waals surface area contributed by atoms with E-state index in [-0.39, 0.29) is 0 Å². The maximum Gasteiger partial charge on any atom is 0.187 e. The van der Waals surface area contributed by atoms with Crippen LogP contribution < -0.4 is 10.7 Å². The first-order valence-corrected chi connectivity index (χ1v) is 9.85. The van der Waals surface area contributed by atoms with Crippen LogP contribution in [0.1, 0.15) is 61.6 Å². The maximum absolute atomic E-state index is 5.30. The molecule has 0 bridgehead atoms. The second kappa shape index (κ2) is 9.48. The summed E-state index contributed by atoms with van der Waals surface area (Å²) in [6.45, 7) is 2.69. The number of nitrogens with one attached hydrogen (secondary N) is 2. The zero-order valence-corrected chi connectivity index (χ0v) is 16.2. The van der Waals surface area contributed by atoms with Crippen LogP contribution in [0.25, 0.3) is 0 Å². The Hall–Kier alpha value is -2.20. The molecule has 1 aliphatic rings. The summed E-state index contributed by atoms with van der Waals surface area (Å²) in [7, 11) is 0. The Bertz CT molecular complexity index is 732. The van der Waals surface area contributed by atoms with E-state index in [9.17, 15) is 0 Å². The fourth-order valence-electron chi connectivity index (χ4n) is 3.45. The van der Waals surface area contributed by atoms with Crippen molar-refractivity contribution in [1.82, 2.24) is 10.7 Å². The van der Waals surface area contributed by atoms with Crippen LogP contribution in [0.2, 0.25) is 0 Å². The lowest BCUT2D eigenvalue weighted by Gasteiger charge is -2.22. The van der Waals surface area contributed by atoms with Crippen molar-refractivity contribution in [1.29, 1.82) is 0 Å². The molecule has 3 rings (SSSR count). The van der Waals surface area contributed by atoms with Gasteiger partial charge >= 0.3 is 0 Å². The van der Waals surface area contributed by atoms with E-state index < -0.39 is 0 Å². The number of hydrogen-bond donors (Lipinski definition) is 2. The first-order chi connectivity index (χ1) is 12.7. The molecule has 0 spiro atoms. The highest BCUT2D eigenvalue weighted by atomic mass is 32.1. The predicted molar refractivity (Wildman–Crippen MR) is 113 cm³/mol. The predicted octanol–water partition coefficient (Wildman–Crippen LogP) is 5.12. The maximum atomic E-state index is 5.30. The van der Waals surface area contributed by atoms with Crippen LogP contribution in [-0.4, -0.2) is 10.8 Å². The molecule has 2 aromatic carbocycles. The monoisotopic (exact) mass is 365 g/mol. The molecule has 0 amide bonds. The van der Waals surface area contributed by atoms with Crippen LogP contribution in [0, 0.1) is 0 Å². The Morgan fingerprint density at radius 2 is 1.69 bits per heavy atom. The number of nitrogens with zero attached hydrogens (tertiary/aromatic N) is 1. The van der Waals surface area contributed by atoms with Gasteiger partial charge in [-0.1, -0.05) is 73.9 Å². The van der Waals surface area contributed by atoms with Crippen molar-refractivity contribution < 1.29 is 0 Å². The van der Waals surface area contributed by atoms with Gasteiger partial charge < -0.3 is 5.32 Å². The number of rotatable bonds is 5. The minimum absolute atomic E-state index is 0.534. The molecule has 0 atom stereocenters. The van der Waals surface area contributed by atoms with Crippen molar-refractivity contribution in [3.63, 3.8) is 0 Å². The standard InChI is InChI=1S/C22H27N3S/c1-17(24-25-22(26)23-16-18-8-4-2-5-9-18)19-12-14-21(15-13-19)20-10-6-3-7-11-20/h2,4-5,8-9,12-15,20H,3,6-7,10-11,16H2,1H3,(H2,23,25,26).